The number of hydrogen-bond acceptors (Lipinski definition) is 6. The quantitative estimate of drug-likeness (QED) is 0.826. The van der Waals surface area contributed by atoms with Gasteiger partial charge in [-0.15, -0.1) is 4.91 Å². The monoisotopic (exact) mass is 374 g/mol. The Hall–Kier alpha value is -2.94. The lowest BCUT2D eigenvalue weighted by Gasteiger charge is -2.16. The molecule has 1 aromatic carbocycles. The second kappa shape index (κ2) is 7.75. The van der Waals surface area contributed by atoms with Crippen LogP contribution in [0.15, 0.2) is 28.2 Å². The van der Waals surface area contributed by atoms with E-state index in [4.69, 9.17) is 4.74 Å². The number of aryl methyl sites for hydroxylation is 1. The summed E-state index contributed by atoms with van der Waals surface area (Å²) < 4.78 is 20.1. The first-order valence-electron chi connectivity index (χ1n) is 8.52. The van der Waals surface area contributed by atoms with Crippen LogP contribution in [0.3, 0.4) is 0 Å². The normalized spacial score (nSPS) is 16.3. The molecule has 1 aromatic heterocycles. The fourth-order valence-corrected chi connectivity index (χ4v) is 3.01. The second-order valence-electron chi connectivity index (χ2n) is 6.43. The molecule has 0 aliphatic carbocycles. The van der Waals surface area contributed by atoms with Gasteiger partial charge in [-0.05, 0) is 36.2 Å². The number of halogens is 1. The Morgan fingerprint density at radius 3 is 2.96 bits per heavy atom. The van der Waals surface area contributed by atoms with Crippen LogP contribution in [0.4, 0.5) is 10.1 Å². The summed E-state index contributed by atoms with van der Waals surface area (Å²) in [4.78, 5) is 40.6. The van der Waals surface area contributed by atoms with Gasteiger partial charge in [0.1, 0.15) is 11.6 Å². The van der Waals surface area contributed by atoms with Crippen LogP contribution in [-0.4, -0.2) is 28.7 Å². The Labute approximate surface area is 154 Å². The fourth-order valence-electron chi connectivity index (χ4n) is 3.01. The molecule has 1 N–H and O–H groups in total. The molecular formula is C18H19FN4O4. The third-order valence-corrected chi connectivity index (χ3v) is 4.42. The summed E-state index contributed by atoms with van der Waals surface area (Å²) in [5, 5.41) is 5.34. The number of amides is 1. The van der Waals surface area contributed by atoms with Crippen LogP contribution in [0.5, 0.6) is 0 Å². The summed E-state index contributed by atoms with van der Waals surface area (Å²) in [7, 11) is 0. The van der Waals surface area contributed by atoms with E-state index in [1.165, 1.54) is 10.6 Å². The zero-order valence-electron chi connectivity index (χ0n) is 15.0. The third-order valence-electron chi connectivity index (χ3n) is 4.42. The zero-order chi connectivity index (χ0) is 19.6. The lowest BCUT2D eigenvalue weighted by atomic mass is 10.1. The lowest BCUT2D eigenvalue weighted by Crippen LogP contribution is -2.33. The minimum atomic E-state index is -0.690. The van der Waals surface area contributed by atoms with Crippen molar-refractivity contribution in [3.05, 3.63) is 61.9 Å². The molecule has 27 heavy (non-hydrogen) atoms. The number of hydrogen-bond donors (Lipinski definition) is 1. The topological polar surface area (TPSA) is 103 Å². The number of nitrogens with one attached hydrogen (secondary N) is 1. The smallest absolute Gasteiger partial charge is 0.284 e. The molecule has 0 spiro atoms. The van der Waals surface area contributed by atoms with Gasteiger partial charge in [-0.1, -0.05) is 12.1 Å². The standard InChI is InChI=1S/C18H19FN4O4/c1-10-7-12(3-4-13(10)19)8-20-17(24)15-16(22-26)18(25)23-11(2)9-27-6-5-14(23)21-15/h3-4,7,11H,5-6,8-9H2,1-2H3,(H,20,24)/t11-/m0/s1. The molecule has 9 heteroatoms. The molecule has 0 saturated heterocycles. The van der Waals surface area contributed by atoms with Crippen molar-refractivity contribution in [1.29, 1.82) is 0 Å². The van der Waals surface area contributed by atoms with Gasteiger partial charge in [0.05, 0.1) is 19.3 Å². The molecule has 2 heterocycles. The zero-order valence-corrected chi connectivity index (χ0v) is 15.0. The van der Waals surface area contributed by atoms with Crippen LogP contribution < -0.4 is 10.9 Å². The molecule has 0 radical (unpaired) electrons. The number of rotatable bonds is 4. The lowest BCUT2D eigenvalue weighted by molar-refractivity contribution is 0.0945. The largest absolute Gasteiger partial charge is 0.379 e. The van der Waals surface area contributed by atoms with Gasteiger partial charge in [-0.25, -0.2) is 9.37 Å². The molecule has 3 rings (SSSR count). The predicted octanol–water partition coefficient (Wildman–Crippen LogP) is 2.15. The van der Waals surface area contributed by atoms with E-state index in [1.54, 1.807) is 26.0 Å². The first kappa shape index (κ1) is 18.8. The van der Waals surface area contributed by atoms with Crippen LogP contribution in [0, 0.1) is 17.6 Å². The molecular weight excluding hydrogens is 355 g/mol. The average Bonchev–Trinajstić information content (AvgIpc) is 2.83. The molecule has 1 aliphatic heterocycles. The van der Waals surface area contributed by atoms with E-state index < -0.39 is 17.2 Å². The van der Waals surface area contributed by atoms with Crippen molar-refractivity contribution in [2.45, 2.75) is 32.9 Å². The number of ether oxygens (including phenoxy) is 1. The van der Waals surface area contributed by atoms with Crippen molar-refractivity contribution in [3.63, 3.8) is 0 Å². The van der Waals surface area contributed by atoms with Crippen molar-refractivity contribution in [3.8, 4) is 0 Å². The highest BCUT2D eigenvalue weighted by Gasteiger charge is 2.26. The van der Waals surface area contributed by atoms with Gasteiger partial charge in [-0.2, -0.15) is 0 Å². The number of benzene rings is 1. The van der Waals surface area contributed by atoms with Crippen LogP contribution in [0.25, 0.3) is 0 Å². The van der Waals surface area contributed by atoms with Crippen LogP contribution in [0.1, 0.15) is 40.4 Å². The highest BCUT2D eigenvalue weighted by Crippen LogP contribution is 2.18. The average molecular weight is 374 g/mol. The number of aromatic nitrogens is 2. The number of carbonyl (C=O) groups excluding carboxylic acids is 1. The van der Waals surface area contributed by atoms with E-state index in [-0.39, 0.29) is 24.1 Å². The molecule has 142 valence electrons. The first-order chi connectivity index (χ1) is 12.9. The Bertz CT molecular complexity index is 957. The SMILES string of the molecule is Cc1cc(CNC(=O)c2nc3n(c(=O)c2N=O)[C@@H](C)COCC3)ccc1F. The molecule has 0 fully saturated rings. The Kier molecular flexibility index (Phi) is 5.41. The summed E-state index contributed by atoms with van der Waals surface area (Å²) in [6.07, 6.45) is 0.343. The first-order valence-corrected chi connectivity index (χ1v) is 8.52. The number of carbonyl (C=O) groups is 1. The molecule has 0 bridgehead atoms. The van der Waals surface area contributed by atoms with Crippen molar-refractivity contribution < 1.29 is 13.9 Å². The molecule has 0 unspecified atom stereocenters. The maximum Gasteiger partial charge on any atom is 0.284 e. The Balaban J connectivity index is 1.91. The summed E-state index contributed by atoms with van der Waals surface area (Å²) in [6, 6.07) is 4.14. The van der Waals surface area contributed by atoms with Gasteiger partial charge in [0.2, 0.25) is 5.69 Å². The number of nitroso groups, excluding NO2 is 1. The molecule has 8 nitrogen and oxygen atoms in total. The molecule has 0 saturated carbocycles. The third kappa shape index (κ3) is 3.77. The van der Waals surface area contributed by atoms with Crippen LogP contribution in [-0.2, 0) is 17.7 Å². The minimum absolute atomic E-state index is 0.0951. The summed E-state index contributed by atoms with van der Waals surface area (Å²) >= 11 is 0. The number of nitrogens with zero attached hydrogens (tertiary/aromatic N) is 3. The van der Waals surface area contributed by atoms with Gasteiger partial charge in [0.25, 0.3) is 11.5 Å². The highest BCUT2D eigenvalue weighted by molar-refractivity contribution is 5.96. The van der Waals surface area contributed by atoms with E-state index in [1.807, 2.05) is 0 Å². The van der Waals surface area contributed by atoms with Crippen molar-refractivity contribution in [2.75, 3.05) is 13.2 Å². The van der Waals surface area contributed by atoms with Gasteiger partial charge >= 0.3 is 0 Å². The van der Waals surface area contributed by atoms with Gasteiger partial charge in [-0.3, -0.25) is 14.2 Å². The highest BCUT2D eigenvalue weighted by atomic mass is 19.1. The Morgan fingerprint density at radius 1 is 1.48 bits per heavy atom. The summed E-state index contributed by atoms with van der Waals surface area (Å²) in [5.74, 6) is -0.653. The van der Waals surface area contributed by atoms with Crippen molar-refractivity contribution in [2.24, 2.45) is 5.18 Å². The van der Waals surface area contributed by atoms with Crippen molar-refractivity contribution in [1.82, 2.24) is 14.9 Å². The molecule has 2 aromatic rings. The molecule has 1 atom stereocenters. The van der Waals surface area contributed by atoms with E-state index in [2.05, 4.69) is 15.5 Å². The Morgan fingerprint density at radius 2 is 2.26 bits per heavy atom. The van der Waals surface area contributed by atoms with E-state index in [0.717, 1.165) is 0 Å². The van der Waals surface area contributed by atoms with Crippen LogP contribution in [0.2, 0.25) is 0 Å². The van der Waals surface area contributed by atoms with Gasteiger partial charge in [0, 0.05) is 13.0 Å². The van der Waals surface area contributed by atoms with E-state index >= 15 is 0 Å². The predicted molar refractivity (Wildman–Crippen MR) is 95.5 cm³/mol. The molecule has 1 amide bonds. The maximum absolute atomic E-state index is 13.3. The van der Waals surface area contributed by atoms with Crippen molar-refractivity contribution >= 4 is 11.6 Å². The second-order valence-corrected chi connectivity index (χ2v) is 6.43. The van der Waals surface area contributed by atoms with Gasteiger partial charge < -0.3 is 10.1 Å². The van der Waals surface area contributed by atoms with Gasteiger partial charge in [0.15, 0.2) is 5.69 Å². The summed E-state index contributed by atoms with van der Waals surface area (Å²) in [6.45, 7) is 4.15. The van der Waals surface area contributed by atoms with Crippen LogP contribution >= 0.6 is 0 Å². The fraction of sp³-hybridized carbons (Fsp3) is 0.389. The van der Waals surface area contributed by atoms with E-state index in [0.29, 0.717) is 36.6 Å². The molecule has 1 aliphatic rings. The maximum atomic E-state index is 13.3. The minimum Gasteiger partial charge on any atom is -0.379 e. The number of fused-ring (bicyclic) bond motifs is 1. The van der Waals surface area contributed by atoms with E-state index in [9.17, 15) is 18.9 Å². The summed E-state index contributed by atoms with van der Waals surface area (Å²) in [5.41, 5.74) is -0.367.